The summed E-state index contributed by atoms with van der Waals surface area (Å²) in [6, 6.07) is 3.87. The first-order valence-corrected chi connectivity index (χ1v) is 6.72. The van der Waals surface area contributed by atoms with E-state index in [9.17, 15) is 0 Å². The highest BCUT2D eigenvalue weighted by atomic mass is 79.9. The Morgan fingerprint density at radius 3 is 2.13 bits per heavy atom. The fraction of sp³-hybridized carbons (Fsp3) is 0.200. The minimum atomic E-state index is 0.918. The van der Waals surface area contributed by atoms with Crippen LogP contribution in [0.2, 0.25) is 0 Å². The van der Waals surface area contributed by atoms with Crippen molar-refractivity contribution >= 4 is 38.6 Å². The monoisotopic (exact) mass is 306 g/mol. The van der Waals surface area contributed by atoms with E-state index in [1.54, 1.807) is 36.9 Å². The van der Waals surface area contributed by atoms with Gasteiger partial charge in [-0.25, -0.2) is 0 Å². The van der Waals surface area contributed by atoms with E-state index < -0.39 is 0 Å². The van der Waals surface area contributed by atoms with Crippen molar-refractivity contribution in [2.24, 2.45) is 0 Å². The van der Waals surface area contributed by atoms with Crippen molar-refractivity contribution in [3.63, 3.8) is 0 Å². The van der Waals surface area contributed by atoms with Crippen LogP contribution in [0, 0.1) is 0 Å². The molecular weight excluding hydrogens is 296 g/mol. The number of thiophene rings is 2. The second kappa shape index (κ2) is 6.87. The second-order valence-electron chi connectivity index (χ2n) is 2.45. The van der Waals surface area contributed by atoms with E-state index in [0.717, 1.165) is 15.3 Å². The molecule has 0 bridgehead atoms. The van der Waals surface area contributed by atoms with Gasteiger partial charge in [-0.15, -0.1) is 22.7 Å². The molecule has 2 heterocycles. The third-order valence-corrected chi connectivity index (χ3v) is 3.65. The van der Waals surface area contributed by atoms with E-state index in [2.05, 4.69) is 15.9 Å². The van der Waals surface area contributed by atoms with Crippen LogP contribution >= 0.6 is 38.6 Å². The molecule has 0 aliphatic rings. The molecule has 0 amide bonds. The molecule has 0 saturated heterocycles. The van der Waals surface area contributed by atoms with Crippen LogP contribution in [0.1, 0.15) is 0 Å². The molecule has 0 aromatic carbocycles. The fourth-order valence-corrected chi connectivity index (χ4v) is 2.45. The first kappa shape index (κ1) is 12.5. The van der Waals surface area contributed by atoms with E-state index in [0.29, 0.717) is 0 Å². The smallest absolute Gasteiger partial charge is 0.130 e. The zero-order valence-electron chi connectivity index (χ0n) is 8.40. The summed E-state index contributed by atoms with van der Waals surface area (Å²) in [4.78, 5) is 0. The topological polar surface area (TPSA) is 18.5 Å². The molecule has 0 aliphatic carbocycles. The predicted molar refractivity (Wildman–Crippen MR) is 69.4 cm³/mol. The van der Waals surface area contributed by atoms with Crippen LogP contribution in [0.15, 0.2) is 32.1 Å². The van der Waals surface area contributed by atoms with Crippen LogP contribution in [-0.2, 0) is 0 Å². The van der Waals surface area contributed by atoms with Gasteiger partial charge in [-0.1, -0.05) is 0 Å². The number of ether oxygens (including phenoxy) is 2. The summed E-state index contributed by atoms with van der Waals surface area (Å²) < 4.78 is 10.9. The average molecular weight is 307 g/mol. The Bertz CT molecular complexity index is 370. The number of halogens is 1. The molecule has 0 atom stereocenters. The minimum absolute atomic E-state index is 0.918. The second-order valence-corrected chi connectivity index (χ2v) is 5.52. The Morgan fingerprint density at radius 1 is 1.13 bits per heavy atom. The molecule has 0 unspecified atom stereocenters. The summed E-state index contributed by atoms with van der Waals surface area (Å²) in [6.07, 6.45) is 0. The molecule has 0 N–H and O–H groups in total. The van der Waals surface area contributed by atoms with Crippen LogP contribution in [0.5, 0.6) is 11.5 Å². The van der Waals surface area contributed by atoms with Crippen LogP contribution < -0.4 is 9.47 Å². The van der Waals surface area contributed by atoms with Gasteiger partial charge in [0.25, 0.3) is 0 Å². The Balaban J connectivity index is 0.000000151. The molecule has 2 aromatic rings. The Morgan fingerprint density at radius 2 is 1.87 bits per heavy atom. The van der Waals surface area contributed by atoms with Crippen LogP contribution in [-0.4, -0.2) is 14.2 Å². The predicted octanol–water partition coefficient (Wildman–Crippen LogP) is 4.28. The van der Waals surface area contributed by atoms with Gasteiger partial charge < -0.3 is 9.47 Å². The zero-order valence-corrected chi connectivity index (χ0v) is 11.6. The highest BCUT2D eigenvalue weighted by Crippen LogP contribution is 2.25. The summed E-state index contributed by atoms with van der Waals surface area (Å²) in [5, 5.41) is 5.89. The molecule has 0 fully saturated rings. The highest BCUT2D eigenvalue weighted by molar-refractivity contribution is 9.11. The first-order valence-electron chi connectivity index (χ1n) is 4.10. The molecule has 0 saturated carbocycles. The maximum Gasteiger partial charge on any atom is 0.130 e. The van der Waals surface area contributed by atoms with Crippen LogP contribution in [0.4, 0.5) is 0 Å². The van der Waals surface area contributed by atoms with Gasteiger partial charge in [0.05, 0.1) is 18.0 Å². The van der Waals surface area contributed by atoms with Gasteiger partial charge in [0.1, 0.15) is 11.5 Å². The van der Waals surface area contributed by atoms with Crippen LogP contribution in [0.25, 0.3) is 0 Å². The first-order chi connectivity index (χ1) is 7.26. The highest BCUT2D eigenvalue weighted by Gasteiger charge is 1.92. The van der Waals surface area contributed by atoms with E-state index in [1.165, 1.54) is 0 Å². The maximum absolute atomic E-state index is 4.92. The molecule has 2 nitrogen and oxygen atoms in total. The molecule has 82 valence electrons. The summed E-state index contributed by atoms with van der Waals surface area (Å²) in [7, 11) is 3.33. The van der Waals surface area contributed by atoms with Crippen molar-refractivity contribution in [2.45, 2.75) is 0 Å². The molecule has 0 spiro atoms. The van der Waals surface area contributed by atoms with E-state index in [1.807, 2.05) is 28.3 Å². The lowest BCUT2D eigenvalue weighted by Gasteiger charge is -1.87. The van der Waals surface area contributed by atoms with Gasteiger partial charge in [-0.05, 0) is 27.4 Å². The summed E-state index contributed by atoms with van der Waals surface area (Å²) in [5.41, 5.74) is 0. The van der Waals surface area contributed by atoms with Crippen molar-refractivity contribution in [3.8, 4) is 11.5 Å². The zero-order chi connectivity index (χ0) is 11.1. The molecule has 5 heteroatoms. The van der Waals surface area contributed by atoms with Gasteiger partial charge in [-0.3, -0.25) is 0 Å². The van der Waals surface area contributed by atoms with Gasteiger partial charge >= 0.3 is 0 Å². The van der Waals surface area contributed by atoms with Gasteiger partial charge in [0.2, 0.25) is 0 Å². The largest absolute Gasteiger partial charge is 0.496 e. The molecule has 2 rings (SSSR count). The van der Waals surface area contributed by atoms with Gasteiger partial charge in [0.15, 0.2) is 0 Å². The third kappa shape index (κ3) is 4.68. The molecular formula is C10H11BrO2S2. The number of hydrogen-bond acceptors (Lipinski definition) is 4. The summed E-state index contributed by atoms with van der Waals surface area (Å²) in [6.45, 7) is 0. The quantitative estimate of drug-likeness (QED) is 0.824. The lowest BCUT2D eigenvalue weighted by Crippen LogP contribution is -1.74. The molecule has 2 aromatic heterocycles. The van der Waals surface area contributed by atoms with Crippen molar-refractivity contribution in [1.82, 2.24) is 0 Å². The Hall–Kier alpha value is -0.520. The van der Waals surface area contributed by atoms with Gasteiger partial charge in [-0.2, -0.15) is 0 Å². The minimum Gasteiger partial charge on any atom is -0.496 e. The van der Waals surface area contributed by atoms with Crippen molar-refractivity contribution in [1.29, 1.82) is 0 Å². The van der Waals surface area contributed by atoms with E-state index >= 15 is 0 Å². The van der Waals surface area contributed by atoms with Crippen molar-refractivity contribution < 1.29 is 9.47 Å². The SMILES string of the molecule is COc1ccsc1.COc1csc(Br)c1. The molecule has 15 heavy (non-hydrogen) atoms. The van der Waals surface area contributed by atoms with Gasteiger partial charge in [0, 0.05) is 16.8 Å². The summed E-state index contributed by atoms with van der Waals surface area (Å²) in [5.74, 6) is 1.87. The number of rotatable bonds is 2. The lowest BCUT2D eigenvalue weighted by molar-refractivity contribution is 0.416. The normalized spacial score (nSPS) is 9.00. The summed E-state index contributed by atoms with van der Waals surface area (Å²) >= 11 is 6.57. The van der Waals surface area contributed by atoms with E-state index in [-0.39, 0.29) is 0 Å². The lowest BCUT2D eigenvalue weighted by atomic mass is 10.6. The maximum atomic E-state index is 4.92. The van der Waals surface area contributed by atoms with E-state index in [4.69, 9.17) is 9.47 Å². The standard InChI is InChI=1S/C5H5BrOS.C5H6OS/c1-7-4-2-5(6)8-3-4;1-6-5-2-3-7-4-5/h2-3H,1H3;2-4H,1H3. The molecule has 0 radical (unpaired) electrons. The molecule has 0 aliphatic heterocycles. The Labute approximate surface area is 106 Å². The number of methoxy groups -OCH3 is 2. The average Bonchev–Trinajstić information content (AvgIpc) is 2.88. The third-order valence-electron chi connectivity index (χ3n) is 1.51. The van der Waals surface area contributed by atoms with Crippen molar-refractivity contribution in [2.75, 3.05) is 14.2 Å². The Kier molecular flexibility index (Phi) is 5.75. The fourth-order valence-electron chi connectivity index (χ4n) is 0.769. The number of hydrogen-bond donors (Lipinski definition) is 0. The van der Waals surface area contributed by atoms with Crippen molar-refractivity contribution in [3.05, 3.63) is 32.1 Å². The van der Waals surface area contributed by atoms with Crippen LogP contribution in [0.3, 0.4) is 0 Å².